The molecule has 0 unspecified atom stereocenters. The monoisotopic (exact) mass is 646 g/mol. The number of thioether (sulfide) groups is 1. The number of rotatable bonds is 16. The number of hydrogen-bond acceptors (Lipinski definition) is 9. The van der Waals surface area contributed by atoms with Crippen LogP contribution < -0.4 is 10.2 Å². The Morgan fingerprint density at radius 2 is 1.89 bits per heavy atom. The van der Waals surface area contributed by atoms with E-state index in [9.17, 15) is 29.7 Å². The van der Waals surface area contributed by atoms with Gasteiger partial charge >= 0.3 is 5.97 Å². The van der Waals surface area contributed by atoms with Gasteiger partial charge in [0.1, 0.15) is 22.8 Å². The lowest BCUT2D eigenvalue weighted by Crippen LogP contribution is -2.12. The Labute approximate surface area is 271 Å². The molecule has 10 heteroatoms. The molecule has 0 fully saturated rings. The van der Waals surface area contributed by atoms with Gasteiger partial charge in [-0.25, -0.2) is 4.79 Å². The molecule has 4 aromatic rings. The number of aliphatic hydroxyl groups excluding tert-OH is 1. The van der Waals surface area contributed by atoms with Crippen LogP contribution in [-0.2, 0) is 6.42 Å². The SMILES string of the molecule is CCCc1c(OCCCCC=CC=C[C@H](Sc2ccc3c(=O)cc(C(=O)O)oc3c2)[C@H](O)c2coc(C)c2)ccc(C(C)=O)c1O. The van der Waals surface area contributed by atoms with E-state index < -0.39 is 28.5 Å². The molecule has 4 rings (SSSR count). The van der Waals surface area contributed by atoms with E-state index in [1.54, 1.807) is 43.3 Å². The Kier molecular flexibility index (Phi) is 12.1. The number of aromatic hydroxyl groups is 1. The van der Waals surface area contributed by atoms with E-state index in [2.05, 4.69) is 0 Å². The third kappa shape index (κ3) is 8.80. The topological polar surface area (TPSA) is 147 Å². The number of aromatic carboxylic acids is 1. The molecule has 0 spiro atoms. The summed E-state index contributed by atoms with van der Waals surface area (Å²) in [4.78, 5) is 36.2. The summed E-state index contributed by atoms with van der Waals surface area (Å²) < 4.78 is 16.8. The van der Waals surface area contributed by atoms with Crippen molar-refractivity contribution in [2.24, 2.45) is 0 Å². The molecule has 0 aliphatic carbocycles. The van der Waals surface area contributed by atoms with Gasteiger partial charge in [0, 0.05) is 22.1 Å². The Bertz CT molecular complexity index is 1800. The third-order valence-corrected chi connectivity index (χ3v) is 8.49. The lowest BCUT2D eigenvalue weighted by atomic mass is 10.0. The number of phenols is 1. The number of ketones is 1. The van der Waals surface area contributed by atoms with Crippen molar-refractivity contribution >= 4 is 34.5 Å². The van der Waals surface area contributed by atoms with Crippen LogP contribution in [0.15, 0.2) is 91.6 Å². The van der Waals surface area contributed by atoms with Crippen molar-refractivity contribution in [3.05, 3.63) is 111 Å². The molecular weight excluding hydrogens is 608 g/mol. The number of benzene rings is 2. The number of fused-ring (bicyclic) bond motifs is 1. The van der Waals surface area contributed by atoms with Crippen molar-refractivity contribution in [3.63, 3.8) is 0 Å². The molecule has 0 saturated carbocycles. The standard InChI is InChI=1S/C36H38O9S/c1-4-11-28-30(16-15-26(23(3)37)35(28)40)43-17-10-8-6-5-7-9-12-33(34(39)24-18-22(2)44-21-24)46-25-13-14-27-29(38)20-32(36(41)42)45-31(27)19-25/h5,7,9,12-16,18-21,33-34,39-40H,4,6,8,10-11,17H2,1-3H3,(H,41,42)/t33-,34+/m0/s1. The molecule has 0 amide bonds. The molecule has 0 bridgehead atoms. The third-order valence-electron chi connectivity index (χ3n) is 7.28. The fourth-order valence-electron chi connectivity index (χ4n) is 4.91. The van der Waals surface area contributed by atoms with E-state index in [1.165, 1.54) is 24.9 Å². The summed E-state index contributed by atoms with van der Waals surface area (Å²) in [6.45, 7) is 5.72. The van der Waals surface area contributed by atoms with Crippen LogP contribution in [0.4, 0.5) is 0 Å². The highest BCUT2D eigenvalue weighted by Crippen LogP contribution is 2.36. The largest absolute Gasteiger partial charge is 0.507 e. The zero-order chi connectivity index (χ0) is 33.2. The molecule has 2 heterocycles. The minimum absolute atomic E-state index is 0.00518. The van der Waals surface area contributed by atoms with Gasteiger partial charge in [-0.1, -0.05) is 37.6 Å². The lowest BCUT2D eigenvalue weighted by Gasteiger charge is -2.18. The van der Waals surface area contributed by atoms with Crippen LogP contribution in [0, 0.1) is 6.92 Å². The number of carbonyl (C=O) groups is 2. The van der Waals surface area contributed by atoms with E-state index in [4.69, 9.17) is 13.6 Å². The number of phenolic OH excluding ortho intramolecular Hbond substituents is 1. The molecule has 9 nitrogen and oxygen atoms in total. The van der Waals surface area contributed by atoms with Gasteiger partial charge in [-0.3, -0.25) is 9.59 Å². The van der Waals surface area contributed by atoms with Crippen LogP contribution in [0.3, 0.4) is 0 Å². The average molecular weight is 647 g/mol. The predicted molar refractivity (Wildman–Crippen MR) is 177 cm³/mol. The van der Waals surface area contributed by atoms with Gasteiger partial charge in [0.15, 0.2) is 11.2 Å². The molecule has 2 aromatic heterocycles. The minimum Gasteiger partial charge on any atom is -0.507 e. The van der Waals surface area contributed by atoms with Crippen LogP contribution in [0.1, 0.15) is 83.4 Å². The predicted octanol–water partition coefficient (Wildman–Crippen LogP) is 7.81. The molecule has 0 aliphatic rings. The summed E-state index contributed by atoms with van der Waals surface area (Å²) in [5, 5.41) is 30.8. The number of carboxylic acids is 1. The molecule has 2 atom stereocenters. The average Bonchev–Trinajstić information content (AvgIpc) is 3.46. The number of hydrogen-bond donors (Lipinski definition) is 3. The summed E-state index contributed by atoms with van der Waals surface area (Å²) in [6, 6.07) is 11.0. The van der Waals surface area contributed by atoms with E-state index in [0.29, 0.717) is 46.1 Å². The Morgan fingerprint density at radius 1 is 1.09 bits per heavy atom. The quantitative estimate of drug-likeness (QED) is 0.0476. The van der Waals surface area contributed by atoms with Crippen molar-refractivity contribution in [2.75, 3.05) is 6.61 Å². The Morgan fingerprint density at radius 3 is 2.59 bits per heavy atom. The second-order valence-corrected chi connectivity index (χ2v) is 12.1. The molecule has 46 heavy (non-hydrogen) atoms. The number of unbranched alkanes of at least 4 members (excludes halogenated alkanes) is 2. The van der Waals surface area contributed by atoms with Gasteiger partial charge in [0.05, 0.1) is 35.2 Å². The van der Waals surface area contributed by atoms with Crippen molar-refractivity contribution < 1.29 is 38.5 Å². The molecule has 2 aromatic carbocycles. The number of aliphatic hydroxyl groups is 1. The molecule has 0 aliphatic heterocycles. The van der Waals surface area contributed by atoms with Crippen molar-refractivity contribution in [1.29, 1.82) is 0 Å². The van der Waals surface area contributed by atoms with Crippen molar-refractivity contribution in [1.82, 2.24) is 0 Å². The van der Waals surface area contributed by atoms with Crippen LogP contribution in [0.5, 0.6) is 11.5 Å². The number of carbonyl (C=O) groups excluding carboxylic acids is 1. The van der Waals surface area contributed by atoms with Gasteiger partial charge < -0.3 is 28.9 Å². The maximum atomic E-state index is 12.3. The van der Waals surface area contributed by atoms with E-state index in [-0.39, 0.29) is 22.5 Å². The van der Waals surface area contributed by atoms with Crippen LogP contribution in [0.2, 0.25) is 0 Å². The number of Topliss-reactive ketones (excluding diaryl/α,β-unsaturated/α-hetero) is 1. The molecule has 0 saturated heterocycles. The minimum atomic E-state index is -1.33. The number of carboxylic acid groups (broad SMARTS) is 1. The normalized spacial score (nSPS) is 13.0. The fraction of sp³-hybridized carbons (Fsp3) is 0.306. The van der Waals surface area contributed by atoms with Crippen LogP contribution in [0.25, 0.3) is 11.0 Å². The van der Waals surface area contributed by atoms with Crippen molar-refractivity contribution in [2.45, 2.75) is 69.1 Å². The Balaban J connectivity index is 1.37. The molecule has 242 valence electrons. The van der Waals surface area contributed by atoms with Crippen LogP contribution in [-0.4, -0.2) is 38.9 Å². The highest BCUT2D eigenvalue weighted by Gasteiger charge is 2.22. The van der Waals surface area contributed by atoms with Gasteiger partial charge in [0.25, 0.3) is 0 Å². The van der Waals surface area contributed by atoms with Gasteiger partial charge in [0.2, 0.25) is 5.76 Å². The number of furan rings is 1. The first-order chi connectivity index (χ1) is 22.1. The fourth-order valence-corrected chi connectivity index (χ4v) is 6.00. The van der Waals surface area contributed by atoms with E-state index in [0.717, 1.165) is 31.7 Å². The number of ether oxygens (including phenoxy) is 1. The van der Waals surface area contributed by atoms with Gasteiger partial charge in [-0.15, -0.1) is 11.8 Å². The molecule has 3 N–H and O–H groups in total. The highest BCUT2D eigenvalue weighted by atomic mass is 32.2. The number of allylic oxidation sites excluding steroid dienone is 3. The van der Waals surface area contributed by atoms with Crippen LogP contribution >= 0.6 is 11.8 Å². The first kappa shape index (κ1) is 34.3. The molecular formula is C36H38O9S. The number of aryl methyl sites for hydroxylation is 1. The maximum Gasteiger partial charge on any atom is 0.371 e. The lowest BCUT2D eigenvalue weighted by molar-refractivity contribution is 0.0662. The van der Waals surface area contributed by atoms with Gasteiger partial charge in [-0.2, -0.15) is 0 Å². The van der Waals surface area contributed by atoms with E-state index >= 15 is 0 Å². The summed E-state index contributed by atoms with van der Waals surface area (Å²) in [7, 11) is 0. The summed E-state index contributed by atoms with van der Waals surface area (Å²) in [6.07, 6.45) is 12.2. The maximum absolute atomic E-state index is 12.3. The molecule has 0 radical (unpaired) electrons. The summed E-state index contributed by atoms with van der Waals surface area (Å²) in [5.41, 5.74) is 1.30. The van der Waals surface area contributed by atoms with Crippen molar-refractivity contribution in [3.8, 4) is 11.5 Å². The second kappa shape index (κ2) is 16.1. The Hall–Kier alpha value is -4.54. The summed E-state index contributed by atoms with van der Waals surface area (Å²) >= 11 is 1.34. The second-order valence-electron chi connectivity index (χ2n) is 10.9. The zero-order valence-electron chi connectivity index (χ0n) is 26.0. The first-order valence-corrected chi connectivity index (χ1v) is 16.0. The summed E-state index contributed by atoms with van der Waals surface area (Å²) in [5.74, 6) is -0.668. The highest BCUT2D eigenvalue weighted by molar-refractivity contribution is 8.00. The zero-order valence-corrected chi connectivity index (χ0v) is 26.8. The smallest absolute Gasteiger partial charge is 0.371 e. The van der Waals surface area contributed by atoms with E-state index in [1.807, 2.05) is 31.2 Å². The first-order valence-electron chi connectivity index (χ1n) is 15.1. The van der Waals surface area contributed by atoms with Gasteiger partial charge in [-0.05, 0) is 75.9 Å².